The molecule has 29 heavy (non-hydrogen) atoms. The van der Waals surface area contributed by atoms with Crippen LogP contribution in [0.2, 0.25) is 0 Å². The van der Waals surface area contributed by atoms with E-state index in [1.807, 2.05) is 78.7 Å². The first-order chi connectivity index (χ1) is 14.2. The Hall–Kier alpha value is -3.06. The number of thioether (sulfide) groups is 1. The number of fused-ring (bicyclic) bond motifs is 1. The Labute approximate surface area is 174 Å². The van der Waals surface area contributed by atoms with Gasteiger partial charge in [0, 0.05) is 42.8 Å². The summed E-state index contributed by atoms with van der Waals surface area (Å²) in [7, 11) is 1.91. The van der Waals surface area contributed by atoms with Crippen molar-refractivity contribution in [2.75, 3.05) is 6.54 Å². The lowest BCUT2D eigenvalue weighted by molar-refractivity contribution is 0.0950. The van der Waals surface area contributed by atoms with E-state index < -0.39 is 0 Å². The van der Waals surface area contributed by atoms with E-state index in [2.05, 4.69) is 15.4 Å². The lowest BCUT2D eigenvalue weighted by atomic mass is 10.2. The summed E-state index contributed by atoms with van der Waals surface area (Å²) in [5, 5.41) is 7.21. The van der Waals surface area contributed by atoms with Crippen molar-refractivity contribution in [3.8, 4) is 0 Å². The number of carbonyl (C=O) groups is 1. The van der Waals surface area contributed by atoms with Gasteiger partial charge in [0.05, 0.1) is 17.5 Å². The molecular formula is C22H23N5OS. The number of rotatable bonds is 8. The van der Waals surface area contributed by atoms with E-state index in [1.165, 1.54) is 5.56 Å². The summed E-state index contributed by atoms with van der Waals surface area (Å²) in [4.78, 5) is 18.3. The van der Waals surface area contributed by atoms with Crippen LogP contribution < -0.4 is 5.32 Å². The number of aryl methyl sites for hydroxylation is 2. The van der Waals surface area contributed by atoms with Crippen molar-refractivity contribution in [3.05, 3.63) is 84.1 Å². The minimum absolute atomic E-state index is 0.0331. The van der Waals surface area contributed by atoms with E-state index in [0.29, 0.717) is 17.9 Å². The van der Waals surface area contributed by atoms with E-state index in [4.69, 9.17) is 0 Å². The molecule has 0 atom stereocenters. The molecule has 0 bridgehead atoms. The van der Waals surface area contributed by atoms with Crippen molar-refractivity contribution in [3.63, 3.8) is 0 Å². The number of nitrogens with zero attached hydrogens (tertiary/aromatic N) is 4. The van der Waals surface area contributed by atoms with Crippen molar-refractivity contribution in [2.45, 2.75) is 23.5 Å². The lowest BCUT2D eigenvalue weighted by Crippen LogP contribution is -2.25. The van der Waals surface area contributed by atoms with Gasteiger partial charge in [-0.15, -0.1) is 11.8 Å². The zero-order chi connectivity index (χ0) is 20.1. The second-order valence-electron chi connectivity index (χ2n) is 6.86. The van der Waals surface area contributed by atoms with Crippen molar-refractivity contribution in [1.29, 1.82) is 0 Å². The predicted molar refractivity (Wildman–Crippen MR) is 115 cm³/mol. The molecule has 7 heteroatoms. The van der Waals surface area contributed by atoms with Crippen LogP contribution >= 0.6 is 11.8 Å². The highest BCUT2D eigenvalue weighted by Gasteiger charge is 2.12. The molecule has 0 aliphatic carbocycles. The number of amides is 1. The quantitative estimate of drug-likeness (QED) is 0.358. The van der Waals surface area contributed by atoms with Gasteiger partial charge in [-0.05, 0) is 42.7 Å². The summed E-state index contributed by atoms with van der Waals surface area (Å²) in [5.41, 5.74) is 3.82. The van der Waals surface area contributed by atoms with Crippen LogP contribution in [-0.4, -0.2) is 31.6 Å². The SMILES string of the molecule is Cn1cc(CCCNC(=O)c2ccccc2SCc2cn3ccccc3n2)cn1. The summed E-state index contributed by atoms with van der Waals surface area (Å²) in [5.74, 6) is 0.682. The summed E-state index contributed by atoms with van der Waals surface area (Å²) < 4.78 is 3.81. The zero-order valence-electron chi connectivity index (χ0n) is 16.3. The van der Waals surface area contributed by atoms with Crippen LogP contribution in [0.1, 0.15) is 28.0 Å². The summed E-state index contributed by atoms with van der Waals surface area (Å²) in [6, 6.07) is 13.7. The molecule has 1 aromatic carbocycles. The second kappa shape index (κ2) is 8.96. The highest BCUT2D eigenvalue weighted by atomic mass is 32.2. The maximum Gasteiger partial charge on any atom is 0.252 e. The van der Waals surface area contributed by atoms with Gasteiger partial charge in [0.25, 0.3) is 5.91 Å². The largest absolute Gasteiger partial charge is 0.352 e. The molecule has 0 unspecified atom stereocenters. The number of hydrogen-bond donors (Lipinski definition) is 1. The molecule has 0 saturated heterocycles. The number of imidazole rings is 1. The van der Waals surface area contributed by atoms with Crippen molar-refractivity contribution in [1.82, 2.24) is 24.5 Å². The Kier molecular flexibility index (Phi) is 5.95. The van der Waals surface area contributed by atoms with Crippen molar-refractivity contribution in [2.24, 2.45) is 7.05 Å². The fraction of sp³-hybridized carbons (Fsp3) is 0.227. The third-order valence-electron chi connectivity index (χ3n) is 4.61. The standard InChI is InChI=1S/C22H23N5OS/c1-26-14-17(13-24-26)7-6-11-23-22(28)19-8-2-3-9-20(19)29-16-18-15-27-12-5-4-10-21(27)25-18/h2-5,8-10,12-15H,6-7,11,16H2,1H3,(H,23,28). The molecule has 0 aliphatic heterocycles. The maximum absolute atomic E-state index is 12.7. The molecule has 0 spiro atoms. The van der Waals surface area contributed by atoms with Gasteiger partial charge < -0.3 is 9.72 Å². The fourth-order valence-electron chi connectivity index (χ4n) is 3.18. The van der Waals surface area contributed by atoms with Crippen LogP contribution in [0, 0.1) is 0 Å². The van der Waals surface area contributed by atoms with Gasteiger partial charge in [0.15, 0.2) is 0 Å². The minimum atomic E-state index is -0.0331. The Morgan fingerprint density at radius 1 is 1.14 bits per heavy atom. The molecule has 4 aromatic rings. The Balaban J connectivity index is 1.33. The predicted octanol–water partition coefficient (Wildman–Crippen LogP) is 3.72. The van der Waals surface area contributed by atoms with Crippen LogP contribution in [-0.2, 0) is 19.2 Å². The van der Waals surface area contributed by atoms with Crippen LogP contribution in [0.5, 0.6) is 0 Å². The molecule has 0 fully saturated rings. The average molecular weight is 406 g/mol. The van der Waals surface area contributed by atoms with Crippen molar-refractivity contribution >= 4 is 23.3 Å². The summed E-state index contributed by atoms with van der Waals surface area (Å²) in [6.45, 7) is 0.638. The van der Waals surface area contributed by atoms with Gasteiger partial charge in [-0.1, -0.05) is 18.2 Å². The first kappa shape index (κ1) is 19.3. The average Bonchev–Trinajstić information content (AvgIpc) is 3.35. The maximum atomic E-state index is 12.7. The molecular weight excluding hydrogens is 382 g/mol. The zero-order valence-corrected chi connectivity index (χ0v) is 17.1. The molecule has 6 nitrogen and oxygen atoms in total. The minimum Gasteiger partial charge on any atom is -0.352 e. The lowest BCUT2D eigenvalue weighted by Gasteiger charge is -2.09. The van der Waals surface area contributed by atoms with Gasteiger partial charge >= 0.3 is 0 Å². The number of hydrogen-bond acceptors (Lipinski definition) is 4. The smallest absolute Gasteiger partial charge is 0.252 e. The molecule has 1 N–H and O–H groups in total. The highest BCUT2D eigenvalue weighted by molar-refractivity contribution is 7.98. The molecule has 3 aromatic heterocycles. The number of benzene rings is 1. The van der Waals surface area contributed by atoms with E-state index in [0.717, 1.165) is 29.1 Å². The van der Waals surface area contributed by atoms with Gasteiger partial charge in [-0.3, -0.25) is 9.48 Å². The molecule has 0 saturated carbocycles. The third kappa shape index (κ3) is 4.86. The fourth-order valence-corrected chi connectivity index (χ4v) is 4.11. The number of nitrogens with one attached hydrogen (secondary N) is 1. The monoisotopic (exact) mass is 405 g/mol. The van der Waals surface area contributed by atoms with Crippen LogP contribution in [0.4, 0.5) is 0 Å². The molecule has 4 rings (SSSR count). The van der Waals surface area contributed by atoms with Gasteiger partial charge in [-0.2, -0.15) is 5.10 Å². The number of pyridine rings is 1. The summed E-state index contributed by atoms with van der Waals surface area (Å²) >= 11 is 1.63. The van der Waals surface area contributed by atoms with Crippen LogP contribution in [0.15, 0.2) is 72.1 Å². The molecule has 1 amide bonds. The third-order valence-corrected chi connectivity index (χ3v) is 5.71. The Bertz CT molecular complexity index is 1080. The molecule has 0 radical (unpaired) electrons. The van der Waals surface area contributed by atoms with Gasteiger partial charge in [0.2, 0.25) is 0 Å². The van der Waals surface area contributed by atoms with Gasteiger partial charge in [-0.25, -0.2) is 4.98 Å². The van der Waals surface area contributed by atoms with E-state index in [1.54, 1.807) is 16.4 Å². The Morgan fingerprint density at radius 3 is 2.83 bits per heavy atom. The highest BCUT2D eigenvalue weighted by Crippen LogP contribution is 2.26. The number of carbonyl (C=O) groups excluding carboxylic acids is 1. The molecule has 0 aliphatic rings. The van der Waals surface area contributed by atoms with E-state index in [-0.39, 0.29) is 5.91 Å². The molecule has 3 heterocycles. The number of aromatic nitrogens is 4. The first-order valence-electron chi connectivity index (χ1n) is 9.59. The van der Waals surface area contributed by atoms with Crippen LogP contribution in [0.3, 0.4) is 0 Å². The summed E-state index contributed by atoms with van der Waals surface area (Å²) in [6.07, 6.45) is 9.68. The first-order valence-corrected chi connectivity index (χ1v) is 10.6. The van der Waals surface area contributed by atoms with E-state index in [9.17, 15) is 4.79 Å². The topological polar surface area (TPSA) is 64.2 Å². The normalized spacial score (nSPS) is 11.1. The van der Waals surface area contributed by atoms with Gasteiger partial charge in [0.1, 0.15) is 5.65 Å². The van der Waals surface area contributed by atoms with E-state index >= 15 is 0 Å². The second-order valence-corrected chi connectivity index (χ2v) is 7.88. The molecule has 148 valence electrons. The Morgan fingerprint density at radius 2 is 2.00 bits per heavy atom. The van der Waals surface area contributed by atoms with Crippen molar-refractivity contribution < 1.29 is 4.79 Å². The van der Waals surface area contributed by atoms with Crippen LogP contribution in [0.25, 0.3) is 5.65 Å².